The molecule has 1 aliphatic heterocycles. The van der Waals surface area contributed by atoms with E-state index in [9.17, 15) is 4.79 Å². The molecule has 7 heteroatoms. The Morgan fingerprint density at radius 3 is 2.76 bits per heavy atom. The first-order chi connectivity index (χ1) is 16.7. The first-order valence-electron chi connectivity index (χ1n) is 12.5. The van der Waals surface area contributed by atoms with Gasteiger partial charge in [-0.25, -0.2) is 4.68 Å². The average molecular weight is 455 g/mol. The Hall–Kier alpha value is -3.48. The highest BCUT2D eigenvalue weighted by atomic mass is 16.1. The summed E-state index contributed by atoms with van der Waals surface area (Å²) in [4.78, 5) is 19.1. The van der Waals surface area contributed by atoms with Gasteiger partial charge in [-0.1, -0.05) is 55.7 Å². The van der Waals surface area contributed by atoms with Gasteiger partial charge >= 0.3 is 0 Å². The molecule has 1 fully saturated rings. The highest BCUT2D eigenvalue weighted by Crippen LogP contribution is 2.38. The van der Waals surface area contributed by atoms with Crippen molar-refractivity contribution < 1.29 is 0 Å². The van der Waals surface area contributed by atoms with Crippen molar-refractivity contribution in [1.82, 2.24) is 25.2 Å². The molecule has 1 N–H and O–H groups in total. The Morgan fingerprint density at radius 2 is 1.88 bits per heavy atom. The monoisotopic (exact) mass is 454 g/mol. The number of benzene rings is 2. The first-order valence-corrected chi connectivity index (χ1v) is 12.5. The van der Waals surface area contributed by atoms with Crippen molar-refractivity contribution in [3.63, 3.8) is 0 Å². The Morgan fingerprint density at radius 1 is 1.03 bits per heavy atom. The lowest BCUT2D eigenvalue weighted by Gasteiger charge is -2.38. The number of para-hydroxylation sites is 2. The van der Waals surface area contributed by atoms with Crippen LogP contribution in [0.25, 0.3) is 10.9 Å². The van der Waals surface area contributed by atoms with Crippen molar-refractivity contribution >= 4 is 16.6 Å². The number of hydrogen-bond donors (Lipinski definition) is 1. The number of hydrogen-bond acceptors (Lipinski definition) is 5. The third-order valence-electron chi connectivity index (χ3n) is 7.55. The van der Waals surface area contributed by atoms with Crippen molar-refractivity contribution in [2.45, 2.75) is 64.0 Å². The second-order valence-electron chi connectivity index (χ2n) is 9.69. The summed E-state index contributed by atoms with van der Waals surface area (Å²) < 4.78 is 2.01. The summed E-state index contributed by atoms with van der Waals surface area (Å²) in [6, 6.07) is 16.6. The van der Waals surface area contributed by atoms with E-state index in [0.717, 1.165) is 54.5 Å². The van der Waals surface area contributed by atoms with E-state index in [4.69, 9.17) is 0 Å². The fraction of sp³-hybridized carbons (Fsp3) is 0.407. The molecule has 1 atom stereocenters. The molecule has 3 heterocycles. The standard InChI is InChI=1S/C27H30N6O/c1-18-9-7-11-20-17-22(27(34)28-24(18)20)25(32-16-8-12-19-10-5-6-15-23(19)32)26-29-30-31-33(26)21-13-3-2-4-14-21/h5-7,9-11,15,17,21,25H,2-4,8,12-14,16H2,1H3,(H,28,34)/t25-/m1/s1. The van der Waals surface area contributed by atoms with Gasteiger partial charge in [-0.2, -0.15) is 0 Å². The van der Waals surface area contributed by atoms with Gasteiger partial charge in [-0.3, -0.25) is 4.79 Å². The molecule has 34 heavy (non-hydrogen) atoms. The van der Waals surface area contributed by atoms with Gasteiger partial charge in [0.15, 0.2) is 5.82 Å². The van der Waals surface area contributed by atoms with Crippen LogP contribution < -0.4 is 10.5 Å². The zero-order valence-electron chi connectivity index (χ0n) is 19.6. The van der Waals surface area contributed by atoms with E-state index in [-0.39, 0.29) is 17.6 Å². The predicted molar refractivity (Wildman–Crippen MR) is 133 cm³/mol. The minimum Gasteiger partial charge on any atom is -0.357 e. The van der Waals surface area contributed by atoms with Crippen LogP contribution in [-0.2, 0) is 6.42 Å². The van der Waals surface area contributed by atoms with Crippen LogP contribution in [0.5, 0.6) is 0 Å². The van der Waals surface area contributed by atoms with Crippen molar-refractivity contribution in [3.8, 4) is 0 Å². The minimum atomic E-state index is -0.355. The fourth-order valence-corrected chi connectivity index (χ4v) is 5.85. The first kappa shape index (κ1) is 21.1. The van der Waals surface area contributed by atoms with Crippen molar-refractivity contribution in [1.29, 1.82) is 0 Å². The molecule has 1 saturated carbocycles. The number of fused-ring (bicyclic) bond motifs is 2. The number of nitrogens with one attached hydrogen (secondary N) is 1. The smallest absolute Gasteiger partial charge is 0.254 e. The third-order valence-corrected chi connectivity index (χ3v) is 7.55. The predicted octanol–water partition coefficient (Wildman–Crippen LogP) is 4.87. The molecule has 4 aromatic rings. The molecule has 0 amide bonds. The second kappa shape index (κ2) is 8.70. The van der Waals surface area contributed by atoms with Gasteiger partial charge in [0.05, 0.1) is 11.6 Å². The van der Waals surface area contributed by atoms with Crippen LogP contribution >= 0.6 is 0 Å². The van der Waals surface area contributed by atoms with Crippen LogP contribution in [-0.4, -0.2) is 31.7 Å². The maximum atomic E-state index is 13.6. The second-order valence-corrected chi connectivity index (χ2v) is 9.69. The number of aromatic nitrogens is 5. The molecule has 7 nitrogen and oxygen atoms in total. The average Bonchev–Trinajstić information content (AvgIpc) is 3.35. The quantitative estimate of drug-likeness (QED) is 0.476. The molecule has 2 aromatic heterocycles. The fourth-order valence-electron chi connectivity index (χ4n) is 5.85. The molecule has 2 aliphatic rings. The van der Waals surface area contributed by atoms with E-state index in [2.05, 4.69) is 55.7 Å². The zero-order chi connectivity index (χ0) is 23.1. The lowest BCUT2D eigenvalue weighted by molar-refractivity contribution is 0.313. The number of aromatic amines is 1. The van der Waals surface area contributed by atoms with Crippen LogP contribution in [0.15, 0.2) is 53.3 Å². The molecule has 0 unspecified atom stereocenters. The topological polar surface area (TPSA) is 79.7 Å². The number of pyridine rings is 1. The summed E-state index contributed by atoms with van der Waals surface area (Å²) in [7, 11) is 0. The molecule has 0 bridgehead atoms. The minimum absolute atomic E-state index is 0.0759. The normalized spacial score (nSPS) is 17.6. The van der Waals surface area contributed by atoms with Crippen molar-refractivity contribution in [2.24, 2.45) is 0 Å². The molecular formula is C27H30N6O. The number of nitrogens with zero attached hydrogens (tertiary/aromatic N) is 5. The number of tetrazole rings is 1. The lowest BCUT2D eigenvalue weighted by Crippen LogP contribution is -2.39. The van der Waals surface area contributed by atoms with Crippen LogP contribution in [0.1, 0.15) is 73.1 Å². The van der Waals surface area contributed by atoms with E-state index in [1.165, 1.54) is 30.5 Å². The maximum absolute atomic E-state index is 13.6. The molecule has 6 rings (SSSR count). The summed E-state index contributed by atoms with van der Waals surface area (Å²) in [6.45, 7) is 2.88. The van der Waals surface area contributed by atoms with Crippen LogP contribution in [0.3, 0.4) is 0 Å². The largest absolute Gasteiger partial charge is 0.357 e. The third kappa shape index (κ3) is 3.59. The Balaban J connectivity index is 1.56. The summed E-state index contributed by atoms with van der Waals surface area (Å²) in [5.41, 5.74) is 5.05. The van der Waals surface area contributed by atoms with Gasteiger partial charge < -0.3 is 9.88 Å². The van der Waals surface area contributed by atoms with Crippen LogP contribution in [0, 0.1) is 6.92 Å². The zero-order valence-corrected chi connectivity index (χ0v) is 19.6. The van der Waals surface area contributed by atoms with Crippen molar-refractivity contribution in [3.05, 3.63) is 81.4 Å². The van der Waals surface area contributed by atoms with E-state index in [0.29, 0.717) is 5.56 Å². The maximum Gasteiger partial charge on any atom is 0.254 e. The van der Waals surface area contributed by atoms with Crippen LogP contribution in [0.4, 0.5) is 5.69 Å². The molecular weight excluding hydrogens is 424 g/mol. The molecule has 0 saturated heterocycles. The molecule has 0 spiro atoms. The Kier molecular flexibility index (Phi) is 5.40. The molecule has 1 aliphatic carbocycles. The highest BCUT2D eigenvalue weighted by molar-refractivity contribution is 5.82. The number of H-pyrrole nitrogens is 1. The van der Waals surface area contributed by atoms with E-state index in [1.54, 1.807) is 0 Å². The number of anilines is 1. The summed E-state index contributed by atoms with van der Waals surface area (Å²) >= 11 is 0. The van der Waals surface area contributed by atoms with Crippen molar-refractivity contribution in [2.75, 3.05) is 11.4 Å². The van der Waals surface area contributed by atoms with Crippen LogP contribution in [0.2, 0.25) is 0 Å². The van der Waals surface area contributed by atoms with E-state index >= 15 is 0 Å². The van der Waals surface area contributed by atoms with Gasteiger partial charge in [0.25, 0.3) is 5.56 Å². The molecule has 0 radical (unpaired) electrons. The summed E-state index contributed by atoms with van der Waals surface area (Å²) in [5, 5.41) is 14.2. The highest BCUT2D eigenvalue weighted by Gasteiger charge is 2.34. The summed E-state index contributed by atoms with van der Waals surface area (Å²) in [6.07, 6.45) is 7.88. The van der Waals surface area contributed by atoms with Gasteiger partial charge in [0.2, 0.25) is 0 Å². The van der Waals surface area contributed by atoms with Gasteiger partial charge in [-0.05, 0) is 71.7 Å². The van der Waals surface area contributed by atoms with E-state index in [1.807, 2.05) is 29.8 Å². The van der Waals surface area contributed by atoms with E-state index < -0.39 is 0 Å². The van der Waals surface area contributed by atoms with Gasteiger partial charge in [0.1, 0.15) is 6.04 Å². The Bertz CT molecular complexity index is 1380. The Labute approximate surface area is 198 Å². The number of aryl methyl sites for hydroxylation is 2. The molecule has 174 valence electrons. The number of rotatable bonds is 4. The van der Waals surface area contributed by atoms with Gasteiger partial charge in [-0.15, -0.1) is 5.10 Å². The lowest BCUT2D eigenvalue weighted by atomic mass is 9.94. The SMILES string of the molecule is Cc1cccc2cc([C@H](c3nnnn3C3CCCCC3)N3CCCc4ccccc43)c(=O)[nH]c12. The van der Waals surface area contributed by atoms with Gasteiger partial charge in [0, 0.05) is 17.8 Å². The molecule has 2 aromatic carbocycles. The summed E-state index contributed by atoms with van der Waals surface area (Å²) in [5.74, 6) is 0.765.